The van der Waals surface area contributed by atoms with Gasteiger partial charge in [0.25, 0.3) is 11.5 Å². The summed E-state index contributed by atoms with van der Waals surface area (Å²) in [5.41, 5.74) is 3.15. The molecule has 0 saturated carbocycles. The second-order valence-corrected chi connectivity index (χ2v) is 11.2. The Morgan fingerprint density at radius 1 is 0.973 bits per heavy atom. The van der Waals surface area contributed by atoms with Crippen molar-refractivity contribution in [2.24, 2.45) is 0 Å². The molecule has 0 unspecified atom stereocenters. The maximum atomic E-state index is 13.6. The predicted molar refractivity (Wildman–Crippen MR) is 153 cm³/mol. The van der Waals surface area contributed by atoms with Gasteiger partial charge in [0.15, 0.2) is 0 Å². The zero-order valence-electron chi connectivity index (χ0n) is 22.2. The highest BCUT2D eigenvalue weighted by Crippen LogP contribution is 2.25. The number of amides is 1. The molecule has 8 heteroatoms. The third-order valence-corrected chi connectivity index (χ3v) is 8.50. The van der Waals surface area contributed by atoms with E-state index in [-0.39, 0.29) is 11.5 Å². The summed E-state index contributed by atoms with van der Waals surface area (Å²) in [6.07, 6.45) is 9.00. The van der Waals surface area contributed by atoms with Crippen LogP contribution in [0.4, 0.5) is 0 Å². The van der Waals surface area contributed by atoms with Crippen molar-refractivity contribution in [2.45, 2.75) is 71.8 Å². The third kappa shape index (κ3) is 5.32. The largest absolute Gasteiger partial charge is 0.339 e. The van der Waals surface area contributed by atoms with Gasteiger partial charge in [-0.1, -0.05) is 33.1 Å². The van der Waals surface area contributed by atoms with Gasteiger partial charge < -0.3 is 14.4 Å². The Bertz CT molecular complexity index is 1420. The minimum absolute atomic E-state index is 0.0265. The fraction of sp³-hybridized carbons (Fsp3) is 0.552. The average Bonchev–Trinajstić information content (AvgIpc) is 3.52. The Hall–Kier alpha value is -2.71. The van der Waals surface area contributed by atoms with Gasteiger partial charge in [-0.15, -0.1) is 11.3 Å². The van der Waals surface area contributed by atoms with E-state index in [1.807, 2.05) is 34.5 Å². The molecule has 3 aromatic heterocycles. The molecule has 0 atom stereocenters. The van der Waals surface area contributed by atoms with Crippen LogP contribution in [0.5, 0.6) is 0 Å². The molecular formula is C29H39N5O2S. The molecule has 1 saturated heterocycles. The van der Waals surface area contributed by atoms with E-state index in [0.29, 0.717) is 16.0 Å². The summed E-state index contributed by atoms with van der Waals surface area (Å²) in [6.45, 7) is 10.0. The highest BCUT2D eigenvalue weighted by atomic mass is 32.1. The van der Waals surface area contributed by atoms with Crippen molar-refractivity contribution in [1.82, 2.24) is 23.8 Å². The van der Waals surface area contributed by atoms with Crippen molar-refractivity contribution in [1.29, 1.82) is 0 Å². The van der Waals surface area contributed by atoms with E-state index >= 15 is 0 Å². The average molecular weight is 522 g/mol. The number of hydrogen-bond acceptors (Lipinski definition) is 5. The number of imidazole rings is 1. The fourth-order valence-electron chi connectivity index (χ4n) is 5.52. The zero-order chi connectivity index (χ0) is 25.8. The number of likely N-dealkylation sites (tertiary alicyclic amines) is 1. The quantitative estimate of drug-likeness (QED) is 0.251. The van der Waals surface area contributed by atoms with Crippen LogP contribution in [-0.4, -0.2) is 62.4 Å². The Morgan fingerprint density at radius 3 is 2.46 bits per heavy atom. The number of hydrogen-bond donors (Lipinski definition) is 0. The van der Waals surface area contributed by atoms with E-state index in [0.717, 1.165) is 74.8 Å². The normalized spacial score (nSPS) is 14.8. The molecule has 1 fully saturated rings. The van der Waals surface area contributed by atoms with E-state index in [4.69, 9.17) is 4.98 Å². The minimum Gasteiger partial charge on any atom is -0.339 e. The lowest BCUT2D eigenvalue weighted by Crippen LogP contribution is -2.33. The van der Waals surface area contributed by atoms with E-state index in [1.54, 1.807) is 4.40 Å². The molecule has 1 aliphatic heterocycles. The van der Waals surface area contributed by atoms with Gasteiger partial charge in [0, 0.05) is 25.2 Å². The minimum atomic E-state index is -0.0265. The molecule has 7 nitrogen and oxygen atoms in total. The van der Waals surface area contributed by atoms with Crippen LogP contribution in [0.3, 0.4) is 0 Å². The molecular weight excluding hydrogens is 482 g/mol. The van der Waals surface area contributed by atoms with Crippen LogP contribution < -0.4 is 5.56 Å². The van der Waals surface area contributed by atoms with E-state index in [1.165, 1.54) is 43.7 Å². The lowest BCUT2D eigenvalue weighted by molar-refractivity contribution is 0.0751. The summed E-state index contributed by atoms with van der Waals surface area (Å²) in [4.78, 5) is 36.6. The van der Waals surface area contributed by atoms with Crippen molar-refractivity contribution < 1.29 is 4.79 Å². The smallest absolute Gasteiger partial charge is 0.277 e. The molecule has 4 heterocycles. The number of nitrogens with zero attached hydrogens (tertiary/aromatic N) is 5. The van der Waals surface area contributed by atoms with Gasteiger partial charge >= 0.3 is 0 Å². The molecule has 0 spiro atoms. The Kier molecular flexibility index (Phi) is 8.25. The SMILES string of the molecule is CCCCN(CCCC)C(=O)c1ccc2c(c1)n(CCCN1CCCCC1)c1nc3ccsc3c(=O)n21. The van der Waals surface area contributed by atoms with Crippen LogP contribution >= 0.6 is 11.3 Å². The first-order valence-corrected chi connectivity index (χ1v) is 14.9. The fourth-order valence-corrected chi connectivity index (χ4v) is 6.28. The highest BCUT2D eigenvalue weighted by molar-refractivity contribution is 7.17. The van der Waals surface area contributed by atoms with Gasteiger partial charge in [-0.05, 0) is 81.4 Å². The van der Waals surface area contributed by atoms with Crippen molar-refractivity contribution in [3.05, 3.63) is 45.6 Å². The van der Waals surface area contributed by atoms with Crippen molar-refractivity contribution >= 4 is 44.3 Å². The first kappa shape index (κ1) is 25.9. The number of aromatic nitrogens is 3. The number of thiophene rings is 1. The number of rotatable bonds is 11. The first-order chi connectivity index (χ1) is 18.1. The van der Waals surface area contributed by atoms with Crippen LogP contribution in [0, 0.1) is 0 Å². The number of aryl methyl sites for hydroxylation is 1. The van der Waals surface area contributed by atoms with Gasteiger partial charge in [0.2, 0.25) is 5.78 Å². The van der Waals surface area contributed by atoms with Crippen molar-refractivity contribution in [3.63, 3.8) is 0 Å². The van der Waals surface area contributed by atoms with Crippen LogP contribution in [0.15, 0.2) is 34.4 Å². The molecule has 1 aliphatic rings. The summed E-state index contributed by atoms with van der Waals surface area (Å²) in [6, 6.07) is 7.74. The van der Waals surface area contributed by atoms with Crippen molar-refractivity contribution in [3.8, 4) is 0 Å². The monoisotopic (exact) mass is 521 g/mol. The lowest BCUT2D eigenvalue weighted by atomic mass is 10.1. The van der Waals surface area contributed by atoms with E-state index in [9.17, 15) is 9.59 Å². The molecule has 0 N–H and O–H groups in total. The van der Waals surface area contributed by atoms with Crippen LogP contribution in [-0.2, 0) is 6.54 Å². The van der Waals surface area contributed by atoms with Gasteiger partial charge in [0.05, 0.1) is 16.6 Å². The Balaban J connectivity index is 1.55. The molecule has 0 bridgehead atoms. The maximum Gasteiger partial charge on any atom is 0.277 e. The molecule has 37 heavy (non-hydrogen) atoms. The Labute approximate surface area is 222 Å². The summed E-state index contributed by atoms with van der Waals surface area (Å²) >= 11 is 1.44. The number of piperidine rings is 1. The molecule has 1 aromatic carbocycles. The topological polar surface area (TPSA) is 62.9 Å². The molecule has 5 rings (SSSR count). The maximum absolute atomic E-state index is 13.6. The summed E-state index contributed by atoms with van der Waals surface area (Å²) in [5.74, 6) is 0.748. The molecule has 0 aliphatic carbocycles. The van der Waals surface area contributed by atoms with Gasteiger partial charge in [-0.2, -0.15) is 0 Å². The number of unbranched alkanes of at least 4 members (excludes halogenated alkanes) is 2. The Morgan fingerprint density at radius 2 is 1.73 bits per heavy atom. The standard InChI is InChI=1S/C29H39N5O2S/c1-3-5-17-32(18-6-4-2)27(35)22-11-12-24-25(21-22)33(19-10-16-31-14-8-7-9-15-31)29-30-23-13-20-37-26(23)28(36)34(24)29/h11-13,20-21H,3-10,14-19H2,1-2H3. The zero-order valence-corrected chi connectivity index (χ0v) is 23.1. The van der Waals surface area contributed by atoms with Crippen molar-refractivity contribution in [2.75, 3.05) is 32.7 Å². The summed E-state index contributed by atoms with van der Waals surface area (Å²) in [5, 5.41) is 1.93. The molecule has 0 radical (unpaired) electrons. The van der Waals surface area contributed by atoms with Crippen LogP contribution in [0.25, 0.3) is 27.0 Å². The summed E-state index contributed by atoms with van der Waals surface area (Å²) < 4.78 is 4.59. The lowest BCUT2D eigenvalue weighted by Gasteiger charge is -2.26. The second-order valence-electron chi connectivity index (χ2n) is 10.3. The summed E-state index contributed by atoms with van der Waals surface area (Å²) in [7, 11) is 0. The molecule has 198 valence electrons. The second kappa shape index (κ2) is 11.8. The van der Waals surface area contributed by atoms with Gasteiger partial charge in [-0.3, -0.25) is 9.59 Å². The van der Waals surface area contributed by atoms with Crippen LogP contribution in [0.1, 0.15) is 75.6 Å². The number of carbonyl (C=O) groups excluding carboxylic acids is 1. The van der Waals surface area contributed by atoms with E-state index < -0.39 is 0 Å². The molecule has 1 amide bonds. The third-order valence-electron chi connectivity index (χ3n) is 7.61. The number of benzene rings is 1. The molecule has 4 aromatic rings. The highest BCUT2D eigenvalue weighted by Gasteiger charge is 2.21. The van der Waals surface area contributed by atoms with Gasteiger partial charge in [-0.25, -0.2) is 9.38 Å². The predicted octanol–water partition coefficient (Wildman–Crippen LogP) is 5.78. The number of carbonyl (C=O) groups is 1. The first-order valence-electron chi connectivity index (χ1n) is 14.1. The van der Waals surface area contributed by atoms with Crippen LogP contribution in [0.2, 0.25) is 0 Å². The van der Waals surface area contributed by atoms with E-state index in [2.05, 4.69) is 23.3 Å². The van der Waals surface area contributed by atoms with Gasteiger partial charge in [0.1, 0.15) is 4.70 Å². The number of fused-ring (bicyclic) bond motifs is 4.